The predicted molar refractivity (Wildman–Crippen MR) is 198 cm³/mol. The molecule has 0 radical (unpaired) electrons. The van der Waals surface area contributed by atoms with Crippen molar-refractivity contribution >= 4 is 33.5 Å². The summed E-state index contributed by atoms with van der Waals surface area (Å²) in [6.07, 6.45) is 13.0. The van der Waals surface area contributed by atoms with E-state index in [2.05, 4.69) is 13.8 Å². The van der Waals surface area contributed by atoms with E-state index in [9.17, 15) is 9.59 Å². The lowest BCUT2D eigenvalue weighted by atomic mass is 9.99. The van der Waals surface area contributed by atoms with Crippen LogP contribution in [-0.4, -0.2) is 35.3 Å². The van der Waals surface area contributed by atoms with E-state index in [1.54, 1.807) is 0 Å². The molecule has 2 unspecified atom stereocenters. The quantitative estimate of drug-likeness (QED) is 0.0681. The van der Waals surface area contributed by atoms with Crippen LogP contribution in [0.3, 0.4) is 0 Å². The van der Waals surface area contributed by atoms with Crippen molar-refractivity contribution in [2.45, 2.75) is 169 Å². The summed E-state index contributed by atoms with van der Waals surface area (Å²) >= 11 is 0. The zero-order valence-electron chi connectivity index (χ0n) is 31.1. The molecule has 0 aliphatic rings. The maximum atomic E-state index is 13.6. The normalized spacial score (nSPS) is 13.3. The summed E-state index contributed by atoms with van der Waals surface area (Å²) < 4.78 is 25.2. The van der Waals surface area contributed by atoms with Gasteiger partial charge < -0.3 is 18.9 Å². The fraction of sp³-hybridized carbons (Fsp3) is 0.619. The van der Waals surface area contributed by atoms with Crippen LogP contribution in [0.15, 0.2) is 48.5 Å². The van der Waals surface area contributed by atoms with E-state index in [0.29, 0.717) is 24.3 Å². The van der Waals surface area contributed by atoms with Gasteiger partial charge in [0.15, 0.2) is 12.2 Å². The van der Waals surface area contributed by atoms with Crippen LogP contribution >= 0.6 is 0 Å². The molecule has 0 heterocycles. The summed E-state index contributed by atoms with van der Waals surface area (Å²) in [5.74, 6) is 0.544. The average molecular weight is 663 g/mol. The molecular weight excluding hydrogens is 600 g/mol. The minimum atomic E-state index is -0.754. The molecule has 0 amide bonds. The molecule has 0 aromatic heterocycles. The van der Waals surface area contributed by atoms with Gasteiger partial charge >= 0.3 is 11.9 Å². The Hall–Kier alpha value is -3.28. The lowest BCUT2D eigenvalue weighted by molar-refractivity contribution is -0.164. The fourth-order valence-electron chi connectivity index (χ4n) is 5.99. The molecule has 6 heteroatoms. The highest BCUT2D eigenvalue weighted by molar-refractivity contribution is 6.11. The number of ether oxygens (including phenoxy) is 4. The van der Waals surface area contributed by atoms with Crippen molar-refractivity contribution < 1.29 is 28.5 Å². The maximum Gasteiger partial charge on any atom is 0.347 e. The average Bonchev–Trinajstić information content (AvgIpc) is 3.02. The Balaban J connectivity index is 2.02. The summed E-state index contributed by atoms with van der Waals surface area (Å²) in [6, 6.07) is 15.8. The van der Waals surface area contributed by atoms with Gasteiger partial charge in [0.05, 0.1) is 0 Å². The Morgan fingerprint density at radius 3 is 1.08 bits per heavy atom. The molecule has 0 N–H and O–H groups in total. The standard InChI is InChI=1S/C42H62O6/c1-9-11-13-15-17-19-29-35(39(43)47-41(3,4)5)45-37-31-25-21-23-27-33(31)38(34-28-24-22-26-32(34)37)46-36(40(44)48-42(6,7)8)30-20-18-16-14-12-10-2/h21-28,35-36H,9-20,29-30H2,1-8H3. The highest BCUT2D eigenvalue weighted by atomic mass is 16.6. The van der Waals surface area contributed by atoms with Crippen molar-refractivity contribution in [3.63, 3.8) is 0 Å². The van der Waals surface area contributed by atoms with Crippen LogP contribution in [0.2, 0.25) is 0 Å². The predicted octanol–water partition coefficient (Wildman–Crippen LogP) is 11.7. The van der Waals surface area contributed by atoms with Crippen molar-refractivity contribution in [1.82, 2.24) is 0 Å². The van der Waals surface area contributed by atoms with Gasteiger partial charge in [-0.2, -0.15) is 0 Å². The van der Waals surface area contributed by atoms with E-state index in [1.807, 2.05) is 90.1 Å². The summed E-state index contributed by atoms with van der Waals surface area (Å²) in [5.41, 5.74) is -1.26. The van der Waals surface area contributed by atoms with Gasteiger partial charge in [-0.15, -0.1) is 0 Å². The Morgan fingerprint density at radius 2 is 0.792 bits per heavy atom. The molecule has 0 aliphatic heterocycles. The Kier molecular flexibility index (Phi) is 15.5. The smallest absolute Gasteiger partial charge is 0.347 e. The van der Waals surface area contributed by atoms with Crippen LogP contribution in [0.1, 0.15) is 145 Å². The summed E-state index contributed by atoms with van der Waals surface area (Å²) in [4.78, 5) is 27.1. The number of carbonyl (C=O) groups excluding carboxylic acids is 2. The van der Waals surface area contributed by atoms with Crippen LogP contribution in [-0.2, 0) is 19.1 Å². The molecule has 266 valence electrons. The molecule has 0 bridgehead atoms. The van der Waals surface area contributed by atoms with Gasteiger partial charge in [-0.3, -0.25) is 0 Å². The van der Waals surface area contributed by atoms with Gasteiger partial charge in [0.1, 0.15) is 22.7 Å². The van der Waals surface area contributed by atoms with Crippen LogP contribution < -0.4 is 9.47 Å². The third-order valence-electron chi connectivity index (χ3n) is 8.33. The highest BCUT2D eigenvalue weighted by Crippen LogP contribution is 2.44. The van der Waals surface area contributed by atoms with E-state index in [4.69, 9.17) is 18.9 Å². The zero-order valence-corrected chi connectivity index (χ0v) is 31.1. The van der Waals surface area contributed by atoms with Crippen LogP contribution in [0.4, 0.5) is 0 Å². The SMILES string of the molecule is CCCCCCCCC(Oc1c2ccccc2c(OC(CCCCCCCC)C(=O)OC(C)(C)C)c2ccccc12)C(=O)OC(C)(C)C. The molecule has 0 fully saturated rings. The molecule has 0 saturated heterocycles. The number of hydrogen-bond acceptors (Lipinski definition) is 6. The third-order valence-corrected chi connectivity index (χ3v) is 8.33. The first-order chi connectivity index (χ1) is 22.8. The lowest BCUT2D eigenvalue weighted by Crippen LogP contribution is -2.36. The number of rotatable bonds is 20. The number of unbranched alkanes of at least 4 members (excludes halogenated alkanes) is 10. The topological polar surface area (TPSA) is 71.1 Å². The second-order valence-electron chi connectivity index (χ2n) is 15.1. The van der Waals surface area contributed by atoms with Crippen LogP contribution in [0.25, 0.3) is 21.5 Å². The van der Waals surface area contributed by atoms with Gasteiger partial charge in [-0.05, 0) is 67.2 Å². The summed E-state index contributed by atoms with van der Waals surface area (Å²) in [7, 11) is 0. The van der Waals surface area contributed by atoms with Crippen molar-refractivity contribution in [3.8, 4) is 11.5 Å². The first-order valence-electron chi connectivity index (χ1n) is 18.6. The highest BCUT2D eigenvalue weighted by Gasteiger charge is 2.31. The van der Waals surface area contributed by atoms with Crippen molar-refractivity contribution in [2.75, 3.05) is 0 Å². The molecule has 3 rings (SSSR count). The number of carbonyl (C=O) groups is 2. The summed E-state index contributed by atoms with van der Waals surface area (Å²) in [5, 5.41) is 3.30. The molecule has 6 nitrogen and oxygen atoms in total. The second kappa shape index (κ2) is 19.0. The van der Waals surface area contributed by atoms with E-state index < -0.39 is 23.4 Å². The van der Waals surface area contributed by atoms with Crippen molar-refractivity contribution in [3.05, 3.63) is 48.5 Å². The molecule has 0 spiro atoms. The summed E-state index contributed by atoms with van der Waals surface area (Å²) in [6.45, 7) is 15.7. The Morgan fingerprint density at radius 1 is 0.500 bits per heavy atom. The molecule has 0 saturated carbocycles. The monoisotopic (exact) mass is 662 g/mol. The second-order valence-corrected chi connectivity index (χ2v) is 15.1. The van der Waals surface area contributed by atoms with E-state index in [0.717, 1.165) is 60.1 Å². The number of fused-ring (bicyclic) bond motifs is 2. The molecule has 2 atom stereocenters. The fourth-order valence-corrected chi connectivity index (χ4v) is 5.99. The first kappa shape index (κ1) is 39.2. The van der Waals surface area contributed by atoms with E-state index in [-0.39, 0.29) is 11.9 Å². The van der Waals surface area contributed by atoms with Gasteiger partial charge in [0.25, 0.3) is 0 Å². The number of esters is 2. The largest absolute Gasteiger partial charge is 0.477 e. The number of benzene rings is 3. The molecular formula is C42H62O6. The Bertz CT molecular complexity index is 1260. The van der Waals surface area contributed by atoms with Crippen LogP contribution in [0.5, 0.6) is 11.5 Å². The molecule has 3 aromatic carbocycles. The van der Waals surface area contributed by atoms with Gasteiger partial charge in [0.2, 0.25) is 0 Å². The van der Waals surface area contributed by atoms with Crippen molar-refractivity contribution in [2.24, 2.45) is 0 Å². The van der Waals surface area contributed by atoms with E-state index in [1.165, 1.54) is 38.5 Å². The molecule has 3 aromatic rings. The van der Waals surface area contributed by atoms with E-state index >= 15 is 0 Å². The van der Waals surface area contributed by atoms with Gasteiger partial charge in [0, 0.05) is 21.5 Å². The first-order valence-corrected chi connectivity index (χ1v) is 18.6. The van der Waals surface area contributed by atoms with Gasteiger partial charge in [-0.1, -0.05) is 127 Å². The van der Waals surface area contributed by atoms with Crippen LogP contribution in [0, 0.1) is 0 Å². The zero-order chi connectivity index (χ0) is 35.2. The molecule has 48 heavy (non-hydrogen) atoms. The third kappa shape index (κ3) is 12.6. The molecule has 0 aliphatic carbocycles. The maximum absolute atomic E-state index is 13.6. The lowest BCUT2D eigenvalue weighted by Gasteiger charge is -2.27. The Labute approximate surface area is 290 Å². The minimum absolute atomic E-state index is 0.353. The van der Waals surface area contributed by atoms with Crippen molar-refractivity contribution in [1.29, 1.82) is 0 Å². The minimum Gasteiger partial charge on any atom is -0.477 e. The number of hydrogen-bond donors (Lipinski definition) is 0. The van der Waals surface area contributed by atoms with Gasteiger partial charge in [-0.25, -0.2) is 9.59 Å².